The molecule has 1 heterocycles. The zero-order valence-electron chi connectivity index (χ0n) is 9.05. The number of aromatic nitrogens is 2. The van der Waals surface area contributed by atoms with Gasteiger partial charge in [0.25, 0.3) is 0 Å². The van der Waals surface area contributed by atoms with Crippen molar-refractivity contribution in [1.82, 2.24) is 10.1 Å². The first-order chi connectivity index (χ1) is 8.61. The Kier molecular flexibility index (Phi) is 4.16. The summed E-state index contributed by atoms with van der Waals surface area (Å²) in [5.41, 5.74) is 0.379. The molecule has 0 saturated carbocycles. The third-order valence-electron chi connectivity index (χ3n) is 2.33. The lowest BCUT2D eigenvalue weighted by Crippen LogP contribution is -2.08. The van der Waals surface area contributed by atoms with Gasteiger partial charge >= 0.3 is 0 Å². The summed E-state index contributed by atoms with van der Waals surface area (Å²) in [5, 5.41) is 13.8. The van der Waals surface area contributed by atoms with Crippen LogP contribution in [0.5, 0.6) is 0 Å². The fourth-order valence-electron chi connectivity index (χ4n) is 1.40. The number of aliphatic hydroxyl groups is 1. The quantitative estimate of drug-likeness (QED) is 0.879. The van der Waals surface area contributed by atoms with Crippen molar-refractivity contribution < 1.29 is 14.0 Å². The summed E-state index contributed by atoms with van der Waals surface area (Å²) in [6.07, 6.45) is -3.17. The second-order valence-electron chi connectivity index (χ2n) is 3.58. The highest BCUT2D eigenvalue weighted by Crippen LogP contribution is 2.31. The maximum absolute atomic E-state index is 14.0. The molecule has 1 aromatic heterocycles. The van der Waals surface area contributed by atoms with E-state index in [4.69, 9.17) is 23.2 Å². The van der Waals surface area contributed by atoms with Gasteiger partial charge in [-0.25, -0.2) is 4.39 Å². The largest absolute Gasteiger partial charge is 0.385 e. The van der Waals surface area contributed by atoms with Crippen LogP contribution in [0.15, 0.2) is 28.8 Å². The summed E-state index contributed by atoms with van der Waals surface area (Å²) in [6.45, 7) is 0. The average molecular weight is 291 g/mol. The third kappa shape index (κ3) is 2.80. The van der Waals surface area contributed by atoms with Crippen LogP contribution in [0.3, 0.4) is 0 Å². The van der Waals surface area contributed by atoms with E-state index in [0.29, 0.717) is 10.6 Å². The molecule has 1 aromatic carbocycles. The Hall–Kier alpha value is -1.17. The smallest absolute Gasteiger partial charge is 0.241 e. The summed E-state index contributed by atoms with van der Waals surface area (Å²) in [5.74, 6) is -0.123. The number of halogens is 3. The van der Waals surface area contributed by atoms with E-state index in [0.717, 1.165) is 0 Å². The number of rotatable bonds is 4. The van der Waals surface area contributed by atoms with Crippen LogP contribution in [0.4, 0.5) is 4.39 Å². The second kappa shape index (κ2) is 5.65. The van der Waals surface area contributed by atoms with E-state index in [1.807, 2.05) is 0 Å². The second-order valence-corrected chi connectivity index (χ2v) is 4.28. The fourth-order valence-corrected chi connectivity index (χ4v) is 1.64. The first kappa shape index (κ1) is 13.3. The van der Waals surface area contributed by atoms with Gasteiger partial charge < -0.3 is 9.63 Å². The Morgan fingerprint density at radius 1 is 1.33 bits per heavy atom. The summed E-state index contributed by atoms with van der Waals surface area (Å²) < 4.78 is 18.6. The molecule has 0 spiro atoms. The van der Waals surface area contributed by atoms with E-state index in [9.17, 15) is 9.50 Å². The summed E-state index contributed by atoms with van der Waals surface area (Å²) in [6, 6.07) is 6.19. The summed E-state index contributed by atoms with van der Waals surface area (Å²) >= 11 is 11.2. The molecule has 0 bridgehead atoms. The van der Waals surface area contributed by atoms with Crippen molar-refractivity contribution in [1.29, 1.82) is 0 Å². The molecule has 0 aliphatic heterocycles. The van der Waals surface area contributed by atoms with Crippen LogP contribution in [0.2, 0.25) is 5.02 Å². The minimum absolute atomic E-state index is 0.00321. The van der Waals surface area contributed by atoms with Crippen molar-refractivity contribution in [3.05, 3.63) is 46.6 Å². The van der Waals surface area contributed by atoms with Gasteiger partial charge in [-0.05, 0) is 17.7 Å². The molecular formula is C11H9Cl2FN2O2. The van der Waals surface area contributed by atoms with Crippen LogP contribution < -0.4 is 0 Å². The van der Waals surface area contributed by atoms with Crippen LogP contribution in [0.1, 0.15) is 29.6 Å². The SMILES string of the molecule is OC(c1ccc(Cl)cc1)C(F)c1noc(CCl)n1. The molecule has 2 unspecified atom stereocenters. The molecule has 0 aliphatic carbocycles. The maximum atomic E-state index is 14.0. The average Bonchev–Trinajstić information content (AvgIpc) is 2.86. The van der Waals surface area contributed by atoms with E-state index in [1.54, 1.807) is 12.1 Å². The topological polar surface area (TPSA) is 59.2 Å². The van der Waals surface area contributed by atoms with Gasteiger partial charge in [0.1, 0.15) is 12.0 Å². The number of nitrogens with zero attached hydrogens (tertiary/aromatic N) is 2. The Morgan fingerprint density at radius 3 is 2.56 bits per heavy atom. The van der Waals surface area contributed by atoms with Crippen molar-refractivity contribution >= 4 is 23.2 Å². The van der Waals surface area contributed by atoms with Crippen LogP contribution in [0, 0.1) is 0 Å². The van der Waals surface area contributed by atoms with Crippen LogP contribution in [-0.2, 0) is 5.88 Å². The van der Waals surface area contributed by atoms with Gasteiger partial charge in [0.15, 0.2) is 6.17 Å². The molecule has 0 aliphatic rings. The molecule has 96 valence electrons. The number of benzene rings is 1. The molecule has 7 heteroatoms. The molecule has 1 N–H and O–H groups in total. The first-order valence-corrected chi connectivity index (χ1v) is 5.99. The lowest BCUT2D eigenvalue weighted by molar-refractivity contribution is 0.0708. The van der Waals surface area contributed by atoms with Gasteiger partial charge in [-0.3, -0.25) is 0 Å². The number of aliphatic hydroxyl groups excluding tert-OH is 1. The molecule has 0 amide bonds. The molecule has 4 nitrogen and oxygen atoms in total. The molecule has 18 heavy (non-hydrogen) atoms. The lowest BCUT2D eigenvalue weighted by atomic mass is 10.1. The highest BCUT2D eigenvalue weighted by molar-refractivity contribution is 6.30. The summed E-state index contributed by atoms with van der Waals surface area (Å²) in [4.78, 5) is 3.72. The Labute approximate surface area is 112 Å². The van der Waals surface area contributed by atoms with E-state index in [1.165, 1.54) is 12.1 Å². The fraction of sp³-hybridized carbons (Fsp3) is 0.273. The van der Waals surface area contributed by atoms with Gasteiger partial charge in [0.05, 0.1) is 0 Å². The maximum Gasteiger partial charge on any atom is 0.241 e. The van der Waals surface area contributed by atoms with Crippen molar-refractivity contribution in [2.75, 3.05) is 0 Å². The predicted octanol–water partition coefficient (Wildman–Crippen LogP) is 3.21. The Bertz CT molecular complexity index is 518. The highest BCUT2D eigenvalue weighted by Gasteiger charge is 2.27. The van der Waals surface area contributed by atoms with E-state index < -0.39 is 12.3 Å². The van der Waals surface area contributed by atoms with Crippen molar-refractivity contribution in [3.8, 4) is 0 Å². The van der Waals surface area contributed by atoms with Crippen molar-refractivity contribution in [2.45, 2.75) is 18.2 Å². The first-order valence-electron chi connectivity index (χ1n) is 5.08. The Morgan fingerprint density at radius 2 is 2.00 bits per heavy atom. The highest BCUT2D eigenvalue weighted by atomic mass is 35.5. The number of alkyl halides is 2. The van der Waals surface area contributed by atoms with Crippen LogP contribution in [0.25, 0.3) is 0 Å². The minimum atomic E-state index is -1.79. The Balaban J connectivity index is 2.17. The standard InChI is InChI=1S/C11H9Cl2FN2O2/c12-5-8-15-11(16-18-8)9(14)10(17)6-1-3-7(13)4-2-6/h1-4,9-10,17H,5H2. The summed E-state index contributed by atoms with van der Waals surface area (Å²) in [7, 11) is 0. The molecule has 2 atom stereocenters. The van der Waals surface area contributed by atoms with Gasteiger partial charge in [0, 0.05) is 5.02 Å². The third-order valence-corrected chi connectivity index (χ3v) is 2.81. The number of hydrogen-bond donors (Lipinski definition) is 1. The minimum Gasteiger partial charge on any atom is -0.385 e. The monoisotopic (exact) mass is 290 g/mol. The van der Waals surface area contributed by atoms with E-state index in [2.05, 4.69) is 14.7 Å². The van der Waals surface area contributed by atoms with Gasteiger partial charge in [-0.15, -0.1) is 11.6 Å². The van der Waals surface area contributed by atoms with Crippen molar-refractivity contribution in [3.63, 3.8) is 0 Å². The number of hydrogen-bond acceptors (Lipinski definition) is 4. The van der Waals surface area contributed by atoms with Crippen molar-refractivity contribution in [2.24, 2.45) is 0 Å². The van der Waals surface area contributed by atoms with Gasteiger partial charge in [0.2, 0.25) is 11.7 Å². The molecular weight excluding hydrogens is 282 g/mol. The molecule has 0 fully saturated rings. The normalized spacial score (nSPS) is 14.4. The molecule has 2 rings (SSSR count). The zero-order valence-corrected chi connectivity index (χ0v) is 10.6. The molecule has 0 saturated heterocycles. The molecule has 2 aromatic rings. The van der Waals surface area contributed by atoms with Crippen LogP contribution >= 0.6 is 23.2 Å². The van der Waals surface area contributed by atoms with E-state index in [-0.39, 0.29) is 17.6 Å². The zero-order chi connectivity index (χ0) is 13.1. The lowest BCUT2D eigenvalue weighted by Gasteiger charge is -2.12. The predicted molar refractivity (Wildman–Crippen MR) is 64.1 cm³/mol. The van der Waals surface area contributed by atoms with Crippen LogP contribution in [-0.4, -0.2) is 15.2 Å². The van der Waals surface area contributed by atoms with E-state index >= 15 is 0 Å². The van der Waals surface area contributed by atoms with Gasteiger partial charge in [-0.2, -0.15) is 4.98 Å². The van der Waals surface area contributed by atoms with Gasteiger partial charge in [-0.1, -0.05) is 28.9 Å². The molecule has 0 radical (unpaired) electrons.